The van der Waals surface area contributed by atoms with Gasteiger partial charge in [0.25, 0.3) is 0 Å². The van der Waals surface area contributed by atoms with E-state index in [9.17, 15) is 9.59 Å². The molecule has 0 saturated heterocycles. The smallest absolute Gasteiger partial charge is 0.308 e. The van der Waals surface area contributed by atoms with Gasteiger partial charge in [-0.1, -0.05) is 30.3 Å². The Kier molecular flexibility index (Phi) is 4.32. The number of esters is 2. The van der Waals surface area contributed by atoms with E-state index in [-0.39, 0.29) is 11.5 Å². The van der Waals surface area contributed by atoms with Crippen molar-refractivity contribution in [2.24, 2.45) is 0 Å². The standard InChI is InChI=1S/C22H15BrO4/c1-12(24)26-20-11-19(23)21-17(22(20)27-13(2)25)8-7-16-9-14-5-3-4-6-15(14)10-18(16)21/h3-11H,1-2H3. The zero-order valence-corrected chi connectivity index (χ0v) is 16.3. The Morgan fingerprint density at radius 3 is 2.11 bits per heavy atom. The predicted octanol–water partition coefficient (Wildman–Crippen LogP) is 5.76. The van der Waals surface area contributed by atoms with E-state index in [4.69, 9.17) is 9.47 Å². The van der Waals surface area contributed by atoms with Crippen LogP contribution in [0.5, 0.6) is 11.5 Å². The number of rotatable bonds is 2. The van der Waals surface area contributed by atoms with Crippen molar-refractivity contribution >= 4 is 60.2 Å². The van der Waals surface area contributed by atoms with Crippen molar-refractivity contribution < 1.29 is 19.1 Å². The maximum atomic E-state index is 11.6. The number of benzene rings is 4. The molecular weight excluding hydrogens is 408 g/mol. The summed E-state index contributed by atoms with van der Waals surface area (Å²) in [5.74, 6) is -0.518. The highest BCUT2D eigenvalue weighted by molar-refractivity contribution is 9.10. The number of halogens is 1. The summed E-state index contributed by atoms with van der Waals surface area (Å²) in [6.45, 7) is 2.63. The molecule has 0 fully saturated rings. The first-order chi connectivity index (χ1) is 12.9. The van der Waals surface area contributed by atoms with E-state index in [0.29, 0.717) is 5.39 Å². The van der Waals surface area contributed by atoms with Crippen LogP contribution in [0.3, 0.4) is 0 Å². The van der Waals surface area contributed by atoms with Crippen molar-refractivity contribution in [2.75, 3.05) is 0 Å². The highest BCUT2D eigenvalue weighted by atomic mass is 79.9. The monoisotopic (exact) mass is 422 g/mol. The lowest BCUT2D eigenvalue weighted by atomic mass is 9.97. The molecule has 0 spiro atoms. The van der Waals surface area contributed by atoms with Crippen LogP contribution in [0.2, 0.25) is 0 Å². The molecule has 0 heterocycles. The highest BCUT2D eigenvalue weighted by Gasteiger charge is 2.19. The lowest BCUT2D eigenvalue weighted by Crippen LogP contribution is -2.07. The van der Waals surface area contributed by atoms with Gasteiger partial charge in [-0.2, -0.15) is 0 Å². The van der Waals surface area contributed by atoms with E-state index in [1.807, 2.05) is 24.3 Å². The molecule has 4 aromatic rings. The molecular formula is C22H15BrO4. The summed E-state index contributed by atoms with van der Waals surface area (Å²) in [7, 11) is 0. The summed E-state index contributed by atoms with van der Waals surface area (Å²) in [4.78, 5) is 23.1. The summed E-state index contributed by atoms with van der Waals surface area (Å²) in [5, 5.41) is 5.93. The van der Waals surface area contributed by atoms with E-state index >= 15 is 0 Å². The second-order valence-corrected chi connectivity index (χ2v) is 7.14. The van der Waals surface area contributed by atoms with Gasteiger partial charge in [-0.15, -0.1) is 0 Å². The largest absolute Gasteiger partial charge is 0.423 e. The molecule has 5 heteroatoms. The van der Waals surface area contributed by atoms with E-state index in [2.05, 4.69) is 40.2 Å². The van der Waals surface area contributed by atoms with Gasteiger partial charge in [-0.25, -0.2) is 0 Å². The summed E-state index contributed by atoms with van der Waals surface area (Å²) in [6.07, 6.45) is 0. The molecule has 4 rings (SSSR count). The van der Waals surface area contributed by atoms with Crippen LogP contribution >= 0.6 is 15.9 Å². The maximum Gasteiger partial charge on any atom is 0.308 e. The average molecular weight is 423 g/mol. The van der Waals surface area contributed by atoms with Crippen LogP contribution in [0.1, 0.15) is 13.8 Å². The molecule has 4 nitrogen and oxygen atoms in total. The minimum atomic E-state index is -0.485. The fourth-order valence-corrected chi connectivity index (χ4v) is 3.96. The van der Waals surface area contributed by atoms with E-state index in [1.54, 1.807) is 6.07 Å². The van der Waals surface area contributed by atoms with Crippen LogP contribution in [-0.4, -0.2) is 11.9 Å². The number of ether oxygens (including phenoxy) is 2. The first-order valence-corrected chi connectivity index (χ1v) is 9.18. The lowest BCUT2D eigenvalue weighted by molar-refractivity contribution is -0.134. The Bertz CT molecular complexity index is 1240. The third kappa shape index (κ3) is 3.15. The molecule has 0 aliphatic heterocycles. The molecule has 0 aliphatic rings. The fourth-order valence-electron chi connectivity index (χ4n) is 3.33. The minimum Gasteiger partial charge on any atom is -0.423 e. The zero-order chi connectivity index (χ0) is 19.1. The molecule has 0 aromatic heterocycles. The lowest BCUT2D eigenvalue weighted by Gasteiger charge is -2.15. The molecule has 134 valence electrons. The van der Waals surface area contributed by atoms with Crippen LogP contribution in [0.25, 0.3) is 32.3 Å². The Labute approximate surface area is 163 Å². The van der Waals surface area contributed by atoms with Crippen LogP contribution in [0, 0.1) is 0 Å². The Balaban J connectivity index is 2.12. The second kappa shape index (κ2) is 6.67. The topological polar surface area (TPSA) is 52.6 Å². The number of hydrogen-bond acceptors (Lipinski definition) is 4. The summed E-state index contributed by atoms with van der Waals surface area (Å²) >= 11 is 3.59. The quantitative estimate of drug-likeness (QED) is 0.178. The van der Waals surface area contributed by atoms with Gasteiger partial charge < -0.3 is 9.47 Å². The van der Waals surface area contributed by atoms with Gasteiger partial charge >= 0.3 is 11.9 Å². The van der Waals surface area contributed by atoms with Crippen molar-refractivity contribution in [1.29, 1.82) is 0 Å². The van der Waals surface area contributed by atoms with Crippen LogP contribution in [-0.2, 0) is 9.59 Å². The number of hydrogen-bond donors (Lipinski definition) is 0. The van der Waals surface area contributed by atoms with Gasteiger partial charge in [0, 0.05) is 29.1 Å². The maximum absolute atomic E-state index is 11.6. The number of fused-ring (bicyclic) bond motifs is 4. The molecule has 0 aliphatic carbocycles. The number of carbonyl (C=O) groups is 2. The fraction of sp³-hybridized carbons (Fsp3) is 0.0909. The Morgan fingerprint density at radius 2 is 1.44 bits per heavy atom. The normalized spacial score (nSPS) is 11.1. The van der Waals surface area contributed by atoms with Crippen LogP contribution in [0.4, 0.5) is 0 Å². The molecule has 4 aromatic carbocycles. The van der Waals surface area contributed by atoms with Crippen LogP contribution < -0.4 is 9.47 Å². The molecule has 0 N–H and O–H groups in total. The second-order valence-electron chi connectivity index (χ2n) is 6.28. The molecule has 0 bridgehead atoms. The predicted molar refractivity (Wildman–Crippen MR) is 109 cm³/mol. The van der Waals surface area contributed by atoms with Crippen molar-refractivity contribution in [1.82, 2.24) is 0 Å². The Morgan fingerprint density at radius 1 is 0.778 bits per heavy atom. The van der Waals surface area contributed by atoms with Gasteiger partial charge in [0.2, 0.25) is 0 Å². The van der Waals surface area contributed by atoms with E-state index < -0.39 is 11.9 Å². The molecule has 0 radical (unpaired) electrons. The first-order valence-electron chi connectivity index (χ1n) is 8.38. The molecule has 0 amide bonds. The SMILES string of the molecule is CC(=O)Oc1cc(Br)c2c(ccc3cc4ccccc4cc32)c1OC(C)=O. The van der Waals surface area contributed by atoms with Gasteiger partial charge in [0.1, 0.15) is 0 Å². The first kappa shape index (κ1) is 17.5. The van der Waals surface area contributed by atoms with Crippen molar-refractivity contribution in [3.05, 3.63) is 59.1 Å². The molecule has 0 atom stereocenters. The zero-order valence-electron chi connectivity index (χ0n) is 14.7. The van der Waals surface area contributed by atoms with E-state index in [0.717, 1.165) is 31.4 Å². The van der Waals surface area contributed by atoms with Crippen LogP contribution in [0.15, 0.2) is 59.1 Å². The summed E-state index contributed by atoms with van der Waals surface area (Å²) in [5.41, 5.74) is 0. The van der Waals surface area contributed by atoms with Crippen molar-refractivity contribution in [3.8, 4) is 11.5 Å². The molecule has 0 unspecified atom stereocenters. The molecule has 0 saturated carbocycles. The van der Waals surface area contributed by atoms with Crippen molar-refractivity contribution in [3.63, 3.8) is 0 Å². The third-order valence-corrected chi connectivity index (χ3v) is 4.98. The van der Waals surface area contributed by atoms with Gasteiger partial charge in [-0.05, 0) is 61.7 Å². The van der Waals surface area contributed by atoms with Crippen molar-refractivity contribution in [2.45, 2.75) is 13.8 Å². The minimum absolute atomic E-state index is 0.206. The summed E-state index contributed by atoms with van der Waals surface area (Å²) in [6, 6.07) is 17.9. The molecule has 27 heavy (non-hydrogen) atoms. The summed E-state index contributed by atoms with van der Waals surface area (Å²) < 4.78 is 11.4. The van der Waals surface area contributed by atoms with E-state index in [1.165, 1.54) is 13.8 Å². The van der Waals surface area contributed by atoms with Gasteiger partial charge in [0.05, 0.1) is 0 Å². The third-order valence-electron chi connectivity index (χ3n) is 4.35. The Hall–Kier alpha value is -2.92. The highest BCUT2D eigenvalue weighted by Crippen LogP contribution is 2.44. The van der Waals surface area contributed by atoms with Gasteiger partial charge in [-0.3, -0.25) is 9.59 Å². The number of carbonyl (C=O) groups excluding carboxylic acids is 2. The van der Waals surface area contributed by atoms with Gasteiger partial charge in [0.15, 0.2) is 11.5 Å². The average Bonchev–Trinajstić information content (AvgIpc) is 2.61.